The smallest absolute Gasteiger partial charge is 0.326 e. The predicted octanol–water partition coefficient (Wildman–Crippen LogP) is 2.07. The minimum Gasteiger partial charge on any atom is -0.497 e. The maximum Gasteiger partial charge on any atom is 0.326 e. The van der Waals surface area contributed by atoms with Gasteiger partial charge in [-0.25, -0.2) is 0 Å². The van der Waals surface area contributed by atoms with E-state index in [9.17, 15) is 19.5 Å². The fourth-order valence-corrected chi connectivity index (χ4v) is 3.53. The number of nitrogens with zero attached hydrogens (tertiary/aromatic N) is 1. The van der Waals surface area contributed by atoms with Gasteiger partial charge in [0, 0.05) is 11.6 Å². The molecule has 1 amide bonds. The highest BCUT2D eigenvalue weighted by Gasteiger charge is 2.51. The number of carbonyl (C=O) groups is 3. The molecule has 0 bridgehead atoms. The summed E-state index contributed by atoms with van der Waals surface area (Å²) >= 11 is 0. The Labute approximate surface area is 174 Å². The van der Waals surface area contributed by atoms with E-state index in [1.807, 2.05) is 0 Å². The average molecular weight is 413 g/mol. The number of amides is 1. The first-order valence-corrected chi connectivity index (χ1v) is 9.40. The Morgan fingerprint density at radius 3 is 2.50 bits per heavy atom. The molecule has 0 aromatic heterocycles. The molecule has 158 valence electrons. The minimum atomic E-state index is -2.11. The van der Waals surface area contributed by atoms with Crippen molar-refractivity contribution < 1.29 is 33.7 Å². The van der Waals surface area contributed by atoms with E-state index in [4.69, 9.17) is 14.2 Å². The Balaban J connectivity index is 1.94. The Morgan fingerprint density at radius 2 is 1.83 bits per heavy atom. The summed E-state index contributed by atoms with van der Waals surface area (Å²) in [6.07, 6.45) is -0.509. The molecule has 1 N–H and O–H groups in total. The zero-order chi connectivity index (χ0) is 21.9. The van der Waals surface area contributed by atoms with Crippen LogP contribution in [0.15, 0.2) is 42.5 Å². The highest BCUT2D eigenvalue weighted by atomic mass is 16.5. The Kier molecular flexibility index (Phi) is 6.07. The first-order chi connectivity index (χ1) is 14.3. The van der Waals surface area contributed by atoms with Gasteiger partial charge in [-0.3, -0.25) is 19.3 Å². The number of ether oxygens (including phenoxy) is 3. The lowest BCUT2D eigenvalue weighted by Gasteiger charge is -2.22. The zero-order valence-electron chi connectivity index (χ0n) is 17.0. The second-order valence-electron chi connectivity index (χ2n) is 6.74. The van der Waals surface area contributed by atoms with Crippen molar-refractivity contribution >= 4 is 23.3 Å². The molecule has 0 spiro atoms. The number of hydrogen-bond donors (Lipinski definition) is 1. The molecule has 0 saturated heterocycles. The van der Waals surface area contributed by atoms with Gasteiger partial charge in [0.2, 0.25) is 0 Å². The molecule has 0 fully saturated rings. The molecule has 0 saturated carbocycles. The monoisotopic (exact) mass is 413 g/mol. The third-order valence-electron chi connectivity index (χ3n) is 4.96. The maximum atomic E-state index is 13.1. The molecule has 30 heavy (non-hydrogen) atoms. The Morgan fingerprint density at radius 1 is 1.10 bits per heavy atom. The zero-order valence-corrected chi connectivity index (χ0v) is 17.0. The largest absolute Gasteiger partial charge is 0.497 e. The van der Waals surface area contributed by atoms with E-state index in [0.29, 0.717) is 11.4 Å². The van der Waals surface area contributed by atoms with E-state index >= 15 is 0 Å². The van der Waals surface area contributed by atoms with E-state index < -0.39 is 29.7 Å². The molecule has 8 nitrogen and oxygen atoms in total. The molecule has 2 aromatic rings. The van der Waals surface area contributed by atoms with Crippen molar-refractivity contribution in [1.29, 1.82) is 0 Å². The summed E-state index contributed by atoms with van der Waals surface area (Å²) in [7, 11) is 2.91. The molecule has 1 heterocycles. The molecule has 2 aromatic carbocycles. The van der Waals surface area contributed by atoms with Gasteiger partial charge in [0.1, 0.15) is 18.0 Å². The van der Waals surface area contributed by atoms with Gasteiger partial charge in [0.05, 0.1) is 38.5 Å². The summed E-state index contributed by atoms with van der Waals surface area (Å²) in [4.78, 5) is 39.2. The van der Waals surface area contributed by atoms with Crippen LogP contribution in [0.1, 0.15) is 29.3 Å². The minimum absolute atomic E-state index is 0.169. The van der Waals surface area contributed by atoms with Gasteiger partial charge < -0.3 is 19.3 Å². The van der Waals surface area contributed by atoms with Gasteiger partial charge in [0.25, 0.3) is 5.91 Å². The number of Topliss-reactive ketones (excluding diaryl/α,β-unsaturated/α-hetero) is 1. The SMILES string of the molecule is CCOC(=O)CN1C(=O)[C@@](O)(CC(=O)c2ccc(OC)cc2OC)c2ccccc21. The van der Waals surface area contributed by atoms with Crippen LogP contribution in [-0.4, -0.2) is 50.1 Å². The van der Waals surface area contributed by atoms with Crippen LogP contribution >= 0.6 is 0 Å². The first kappa shape index (κ1) is 21.3. The van der Waals surface area contributed by atoms with E-state index in [2.05, 4.69) is 0 Å². The summed E-state index contributed by atoms with van der Waals surface area (Å²) in [5.41, 5.74) is -1.26. The van der Waals surface area contributed by atoms with E-state index in [1.165, 1.54) is 20.3 Å². The van der Waals surface area contributed by atoms with E-state index in [1.54, 1.807) is 43.3 Å². The summed E-state index contributed by atoms with van der Waals surface area (Å²) in [5.74, 6) is -1.07. The standard InChI is InChI=1S/C22H23NO7/c1-4-30-20(25)13-23-17-8-6-5-7-16(17)22(27,21(23)26)12-18(24)15-10-9-14(28-2)11-19(15)29-3/h5-11,27H,4,12-13H2,1-3H3/t22-/m1/s1. The normalized spacial score (nSPS) is 17.5. The Hall–Kier alpha value is -3.39. The molecule has 3 rings (SSSR count). The predicted molar refractivity (Wildman–Crippen MR) is 108 cm³/mol. The van der Waals surface area contributed by atoms with Gasteiger partial charge in [-0.2, -0.15) is 0 Å². The number of esters is 1. The van der Waals surface area contributed by atoms with Crippen LogP contribution in [0.3, 0.4) is 0 Å². The Bertz CT molecular complexity index is 987. The van der Waals surface area contributed by atoms with Crippen molar-refractivity contribution in [3.8, 4) is 11.5 Å². The quantitative estimate of drug-likeness (QED) is 0.522. The van der Waals surface area contributed by atoms with Crippen LogP contribution in [-0.2, 0) is 19.9 Å². The van der Waals surface area contributed by atoms with E-state index in [0.717, 1.165) is 4.90 Å². The fourth-order valence-electron chi connectivity index (χ4n) is 3.53. The highest BCUT2D eigenvalue weighted by molar-refractivity contribution is 6.12. The molecule has 8 heteroatoms. The second kappa shape index (κ2) is 8.54. The highest BCUT2D eigenvalue weighted by Crippen LogP contribution is 2.43. The van der Waals surface area contributed by atoms with Crippen LogP contribution < -0.4 is 14.4 Å². The third kappa shape index (κ3) is 3.73. The van der Waals surface area contributed by atoms with Gasteiger partial charge in [-0.1, -0.05) is 18.2 Å². The number of benzene rings is 2. The number of hydrogen-bond acceptors (Lipinski definition) is 7. The number of anilines is 1. The van der Waals surface area contributed by atoms with Crippen molar-refractivity contribution in [3.05, 3.63) is 53.6 Å². The van der Waals surface area contributed by atoms with Gasteiger partial charge in [-0.15, -0.1) is 0 Å². The number of methoxy groups -OCH3 is 2. The van der Waals surface area contributed by atoms with Crippen LogP contribution in [0.4, 0.5) is 5.69 Å². The number of fused-ring (bicyclic) bond motifs is 1. The molecule has 0 unspecified atom stereocenters. The summed E-state index contributed by atoms with van der Waals surface area (Å²) in [6.45, 7) is 1.48. The molecule has 1 aliphatic heterocycles. The molecule has 1 atom stereocenters. The maximum absolute atomic E-state index is 13.1. The second-order valence-corrected chi connectivity index (χ2v) is 6.74. The van der Waals surface area contributed by atoms with Crippen molar-refractivity contribution in [2.45, 2.75) is 18.9 Å². The lowest BCUT2D eigenvalue weighted by atomic mass is 9.88. The molecular weight excluding hydrogens is 390 g/mol. The molecule has 0 aliphatic carbocycles. The molecule has 0 radical (unpaired) electrons. The van der Waals surface area contributed by atoms with E-state index in [-0.39, 0.29) is 30.0 Å². The van der Waals surface area contributed by atoms with Crippen LogP contribution in [0.2, 0.25) is 0 Å². The number of rotatable bonds is 8. The topological polar surface area (TPSA) is 102 Å². The number of para-hydroxylation sites is 1. The first-order valence-electron chi connectivity index (χ1n) is 9.40. The van der Waals surface area contributed by atoms with Gasteiger partial charge in [0.15, 0.2) is 11.4 Å². The van der Waals surface area contributed by atoms with Crippen LogP contribution in [0.5, 0.6) is 11.5 Å². The summed E-state index contributed by atoms with van der Waals surface area (Å²) in [5, 5.41) is 11.3. The number of carbonyl (C=O) groups excluding carboxylic acids is 3. The third-order valence-corrected chi connectivity index (χ3v) is 4.96. The van der Waals surface area contributed by atoms with Crippen molar-refractivity contribution in [3.63, 3.8) is 0 Å². The lowest BCUT2D eigenvalue weighted by molar-refractivity contribution is -0.144. The van der Waals surface area contributed by atoms with Crippen LogP contribution in [0.25, 0.3) is 0 Å². The summed E-state index contributed by atoms with van der Waals surface area (Å²) in [6, 6.07) is 11.2. The number of aliphatic hydroxyl groups is 1. The lowest BCUT2D eigenvalue weighted by Crippen LogP contribution is -2.44. The van der Waals surface area contributed by atoms with Crippen molar-refractivity contribution in [1.82, 2.24) is 0 Å². The number of ketones is 1. The fraction of sp³-hybridized carbons (Fsp3) is 0.318. The van der Waals surface area contributed by atoms with Crippen LogP contribution in [0, 0.1) is 0 Å². The van der Waals surface area contributed by atoms with Gasteiger partial charge >= 0.3 is 5.97 Å². The van der Waals surface area contributed by atoms with Gasteiger partial charge in [-0.05, 0) is 25.1 Å². The molecule has 1 aliphatic rings. The summed E-state index contributed by atoms with van der Waals surface area (Å²) < 4.78 is 15.3. The van der Waals surface area contributed by atoms with Crippen molar-refractivity contribution in [2.75, 3.05) is 32.3 Å². The molecular formula is C22H23NO7. The average Bonchev–Trinajstić information content (AvgIpc) is 2.95. The van der Waals surface area contributed by atoms with Crippen molar-refractivity contribution in [2.24, 2.45) is 0 Å².